The van der Waals surface area contributed by atoms with E-state index in [0.29, 0.717) is 54.7 Å². The van der Waals surface area contributed by atoms with Gasteiger partial charge in [0, 0.05) is 30.1 Å². The van der Waals surface area contributed by atoms with E-state index in [4.69, 9.17) is 9.47 Å². The molecule has 3 heterocycles. The van der Waals surface area contributed by atoms with Gasteiger partial charge in [-0.1, -0.05) is 13.8 Å². The lowest BCUT2D eigenvalue weighted by molar-refractivity contribution is 0.101. The lowest BCUT2D eigenvalue weighted by Gasteiger charge is -2.34. The van der Waals surface area contributed by atoms with Gasteiger partial charge in [0.15, 0.2) is 17.3 Å². The first-order chi connectivity index (χ1) is 15.7. The highest BCUT2D eigenvalue weighted by Gasteiger charge is 2.32. The molecule has 0 bridgehead atoms. The monoisotopic (exact) mass is 456 g/mol. The van der Waals surface area contributed by atoms with E-state index in [1.165, 1.54) is 0 Å². The van der Waals surface area contributed by atoms with Gasteiger partial charge in [-0.3, -0.25) is 9.69 Å². The molecule has 3 aromatic rings. The van der Waals surface area contributed by atoms with E-state index in [1.54, 1.807) is 6.07 Å². The van der Waals surface area contributed by atoms with Crippen LogP contribution in [0.15, 0.2) is 23.0 Å². The van der Waals surface area contributed by atoms with Gasteiger partial charge in [0.25, 0.3) is 5.56 Å². The molecule has 1 aromatic carbocycles. The maximum absolute atomic E-state index is 13.0. The maximum Gasteiger partial charge on any atom is 0.252 e. The minimum atomic E-state index is -0.307. The van der Waals surface area contributed by atoms with E-state index in [1.807, 2.05) is 37.6 Å². The summed E-state index contributed by atoms with van der Waals surface area (Å²) in [6.07, 6.45) is 0. The summed E-state index contributed by atoms with van der Waals surface area (Å²) in [5, 5.41) is 23.2. The summed E-state index contributed by atoms with van der Waals surface area (Å²) in [4.78, 5) is 18.0. The minimum absolute atomic E-state index is 0.0511. The number of aromatic nitrogens is 5. The SMILES string of the molecule is CC(C)C(c1nnnn1C(C)(C)C)N(CCO)Cc1cc2cc3c(cc2[nH]c1=O)OCCO3. The molecule has 0 saturated heterocycles. The third-order valence-electron chi connectivity index (χ3n) is 5.76. The molecule has 0 saturated carbocycles. The molecule has 2 aromatic heterocycles. The number of H-pyrrole nitrogens is 1. The first kappa shape index (κ1) is 23.2. The fourth-order valence-electron chi connectivity index (χ4n) is 4.31. The summed E-state index contributed by atoms with van der Waals surface area (Å²) < 4.78 is 13.1. The van der Waals surface area contributed by atoms with Crippen molar-refractivity contribution in [2.45, 2.75) is 52.7 Å². The van der Waals surface area contributed by atoms with Crippen molar-refractivity contribution >= 4 is 10.9 Å². The molecule has 0 amide bonds. The highest BCUT2D eigenvalue weighted by Crippen LogP contribution is 2.34. The highest BCUT2D eigenvalue weighted by molar-refractivity contribution is 5.83. The Bertz CT molecular complexity index is 1180. The number of aliphatic hydroxyl groups is 1. The van der Waals surface area contributed by atoms with Crippen LogP contribution in [0.1, 0.15) is 52.0 Å². The average Bonchev–Trinajstić information content (AvgIpc) is 3.23. The number of tetrazole rings is 1. The molecular weight excluding hydrogens is 424 g/mol. The van der Waals surface area contributed by atoms with Crippen LogP contribution in [0.5, 0.6) is 11.5 Å². The van der Waals surface area contributed by atoms with Crippen molar-refractivity contribution in [3.63, 3.8) is 0 Å². The molecule has 178 valence electrons. The van der Waals surface area contributed by atoms with Crippen molar-refractivity contribution in [2.24, 2.45) is 5.92 Å². The molecule has 0 aliphatic carbocycles. The van der Waals surface area contributed by atoms with Crippen LogP contribution in [0.3, 0.4) is 0 Å². The lowest BCUT2D eigenvalue weighted by Crippen LogP contribution is -2.39. The molecular formula is C23H32N6O4. The molecule has 0 spiro atoms. The predicted molar refractivity (Wildman–Crippen MR) is 123 cm³/mol. The van der Waals surface area contributed by atoms with E-state index >= 15 is 0 Å². The molecule has 0 radical (unpaired) electrons. The summed E-state index contributed by atoms with van der Waals surface area (Å²) in [6, 6.07) is 5.37. The second-order valence-electron chi connectivity index (χ2n) is 9.71. The highest BCUT2D eigenvalue weighted by atomic mass is 16.6. The van der Waals surface area contributed by atoms with E-state index in [9.17, 15) is 9.90 Å². The van der Waals surface area contributed by atoms with E-state index < -0.39 is 0 Å². The van der Waals surface area contributed by atoms with Gasteiger partial charge < -0.3 is 19.6 Å². The van der Waals surface area contributed by atoms with Gasteiger partial charge >= 0.3 is 0 Å². The number of nitrogens with zero attached hydrogens (tertiary/aromatic N) is 5. The van der Waals surface area contributed by atoms with Gasteiger partial charge in [0.1, 0.15) is 13.2 Å². The van der Waals surface area contributed by atoms with Crippen molar-refractivity contribution in [3.8, 4) is 11.5 Å². The Morgan fingerprint density at radius 3 is 2.52 bits per heavy atom. The van der Waals surface area contributed by atoms with Gasteiger partial charge in [-0.05, 0) is 49.2 Å². The molecule has 10 heteroatoms. The second kappa shape index (κ2) is 9.11. The Kier molecular flexibility index (Phi) is 6.40. The van der Waals surface area contributed by atoms with Crippen LogP contribution >= 0.6 is 0 Å². The first-order valence-corrected chi connectivity index (χ1v) is 11.3. The number of fused-ring (bicyclic) bond motifs is 2. The number of aliphatic hydroxyl groups excluding tert-OH is 1. The van der Waals surface area contributed by atoms with Gasteiger partial charge in [0.2, 0.25) is 0 Å². The predicted octanol–water partition coefficient (Wildman–Crippen LogP) is 2.23. The number of aromatic amines is 1. The number of ether oxygens (including phenoxy) is 2. The summed E-state index contributed by atoms with van der Waals surface area (Å²) in [5.74, 6) is 2.15. The van der Waals surface area contributed by atoms with Gasteiger partial charge in [-0.15, -0.1) is 5.10 Å². The zero-order valence-corrected chi connectivity index (χ0v) is 19.8. The normalized spacial score (nSPS) is 14.9. The average molecular weight is 457 g/mol. The summed E-state index contributed by atoms with van der Waals surface area (Å²) in [5.41, 5.74) is 0.797. The first-order valence-electron chi connectivity index (χ1n) is 11.3. The molecule has 1 atom stereocenters. The van der Waals surface area contributed by atoms with Crippen LogP contribution in [0.4, 0.5) is 0 Å². The molecule has 1 aliphatic heterocycles. The van der Waals surface area contributed by atoms with E-state index in [2.05, 4.69) is 39.3 Å². The minimum Gasteiger partial charge on any atom is -0.486 e. The van der Waals surface area contributed by atoms with Crippen LogP contribution in [0.2, 0.25) is 0 Å². The van der Waals surface area contributed by atoms with Crippen molar-refractivity contribution in [1.29, 1.82) is 0 Å². The number of hydrogen-bond donors (Lipinski definition) is 2. The Labute approximate surface area is 192 Å². The number of hydrogen-bond acceptors (Lipinski definition) is 8. The van der Waals surface area contributed by atoms with Crippen molar-refractivity contribution < 1.29 is 14.6 Å². The molecule has 33 heavy (non-hydrogen) atoms. The zero-order chi connectivity index (χ0) is 23.8. The standard InChI is InChI=1S/C23H32N6O4/c1-14(2)20(21-25-26-27-29(21)23(3,4)5)28(6-7-30)13-16-10-15-11-18-19(33-9-8-32-18)12-17(15)24-22(16)31/h10-12,14,20,30H,6-9,13H2,1-5H3,(H,24,31). The van der Waals surface area contributed by atoms with Gasteiger partial charge in [0.05, 0.1) is 23.7 Å². The van der Waals surface area contributed by atoms with Gasteiger partial charge in [-0.25, -0.2) is 4.68 Å². The van der Waals surface area contributed by atoms with Crippen LogP contribution in [0, 0.1) is 5.92 Å². The van der Waals surface area contributed by atoms with Crippen LogP contribution < -0.4 is 15.0 Å². The van der Waals surface area contributed by atoms with Crippen molar-refractivity contribution in [3.05, 3.63) is 39.9 Å². The zero-order valence-electron chi connectivity index (χ0n) is 19.8. The Balaban J connectivity index is 1.73. The maximum atomic E-state index is 13.0. The quantitative estimate of drug-likeness (QED) is 0.556. The summed E-state index contributed by atoms with van der Waals surface area (Å²) in [6.45, 7) is 11.9. The summed E-state index contributed by atoms with van der Waals surface area (Å²) in [7, 11) is 0. The Morgan fingerprint density at radius 1 is 1.18 bits per heavy atom. The largest absolute Gasteiger partial charge is 0.486 e. The van der Waals surface area contributed by atoms with Crippen LogP contribution in [-0.4, -0.2) is 61.6 Å². The Hall–Kier alpha value is -2.98. The van der Waals surface area contributed by atoms with Crippen molar-refractivity contribution in [2.75, 3.05) is 26.4 Å². The number of rotatable bonds is 7. The molecule has 10 nitrogen and oxygen atoms in total. The number of nitrogens with one attached hydrogen (secondary N) is 1. The van der Waals surface area contributed by atoms with E-state index in [-0.39, 0.29) is 29.7 Å². The summed E-state index contributed by atoms with van der Waals surface area (Å²) >= 11 is 0. The topological polar surface area (TPSA) is 118 Å². The van der Waals surface area contributed by atoms with Crippen molar-refractivity contribution in [1.82, 2.24) is 30.1 Å². The molecule has 1 aliphatic rings. The molecule has 1 unspecified atom stereocenters. The third-order valence-corrected chi connectivity index (χ3v) is 5.76. The third kappa shape index (κ3) is 4.72. The fraction of sp³-hybridized carbons (Fsp3) is 0.565. The van der Waals surface area contributed by atoms with Crippen LogP contribution in [0.25, 0.3) is 10.9 Å². The smallest absolute Gasteiger partial charge is 0.252 e. The number of benzene rings is 1. The molecule has 4 rings (SSSR count). The van der Waals surface area contributed by atoms with E-state index in [0.717, 1.165) is 5.39 Å². The second-order valence-corrected chi connectivity index (χ2v) is 9.71. The van der Waals surface area contributed by atoms with Crippen LogP contribution in [-0.2, 0) is 12.1 Å². The number of pyridine rings is 1. The Morgan fingerprint density at radius 2 is 1.88 bits per heavy atom. The molecule has 2 N–H and O–H groups in total. The molecule has 0 fully saturated rings. The van der Waals surface area contributed by atoms with Gasteiger partial charge in [-0.2, -0.15) is 0 Å². The lowest BCUT2D eigenvalue weighted by atomic mass is 9.99. The fourth-order valence-corrected chi connectivity index (χ4v) is 4.31.